The molecule has 0 aliphatic rings. The average molecular weight is 244 g/mol. The molecule has 0 bridgehead atoms. The largest absolute Gasteiger partial charge is 0.322 e. The molecule has 2 aromatic rings. The highest BCUT2D eigenvalue weighted by molar-refractivity contribution is 6.35. The van der Waals surface area contributed by atoms with Gasteiger partial charge < -0.3 is 5.43 Å². The fourth-order valence-corrected chi connectivity index (χ4v) is 1.68. The Morgan fingerprint density at radius 2 is 2.12 bits per heavy atom. The predicted octanol–water partition coefficient (Wildman–Crippen LogP) is 3.11. The van der Waals surface area contributed by atoms with Crippen LogP contribution in [0.15, 0.2) is 24.3 Å². The Morgan fingerprint density at radius 3 is 2.75 bits per heavy atom. The molecule has 0 fully saturated rings. The van der Waals surface area contributed by atoms with E-state index in [0.717, 1.165) is 0 Å². The fourth-order valence-electron chi connectivity index (χ4n) is 1.46. The number of hydrazine groups is 1. The van der Waals surface area contributed by atoms with Crippen LogP contribution < -0.4 is 11.3 Å². The highest BCUT2D eigenvalue weighted by Gasteiger charge is 2.16. The molecule has 1 aromatic carbocycles. The van der Waals surface area contributed by atoms with Gasteiger partial charge in [0, 0.05) is 5.39 Å². The number of halogens is 3. The van der Waals surface area contributed by atoms with Crippen LogP contribution in [-0.2, 0) is 0 Å². The van der Waals surface area contributed by atoms with Crippen molar-refractivity contribution in [3.63, 3.8) is 0 Å². The maximum absolute atomic E-state index is 12.7. The number of benzene rings is 1. The second-order valence-corrected chi connectivity index (χ2v) is 3.58. The van der Waals surface area contributed by atoms with Crippen LogP contribution in [0, 0.1) is 0 Å². The lowest BCUT2D eigenvalue weighted by Gasteiger charge is -2.09. The molecule has 0 saturated heterocycles. The number of nitrogens with two attached hydrogens (primary N) is 1. The van der Waals surface area contributed by atoms with Crippen molar-refractivity contribution in [2.45, 2.75) is 6.43 Å². The summed E-state index contributed by atoms with van der Waals surface area (Å²) in [6.07, 6.45) is -2.69. The first-order valence-corrected chi connectivity index (χ1v) is 4.85. The number of aromatic nitrogens is 1. The summed E-state index contributed by atoms with van der Waals surface area (Å²) in [7, 11) is 0. The van der Waals surface area contributed by atoms with Crippen molar-refractivity contribution < 1.29 is 8.78 Å². The molecule has 6 heteroatoms. The highest BCUT2D eigenvalue weighted by atomic mass is 35.5. The van der Waals surface area contributed by atoms with Crippen LogP contribution in [0.25, 0.3) is 10.9 Å². The zero-order valence-corrected chi connectivity index (χ0v) is 8.80. The standard InChI is InChI=1S/C10H8ClF2N3/c11-6-2-1-3-7-5(6)4-8(16-14)9(15-7)10(12)13/h1-4,10,16H,14H2. The van der Waals surface area contributed by atoms with Gasteiger partial charge in [0.25, 0.3) is 6.43 Å². The van der Waals surface area contributed by atoms with Crippen molar-refractivity contribution in [1.82, 2.24) is 4.98 Å². The summed E-state index contributed by atoms with van der Waals surface area (Å²) < 4.78 is 25.3. The normalized spacial score (nSPS) is 11.1. The first kappa shape index (κ1) is 11.0. The van der Waals surface area contributed by atoms with E-state index in [1.165, 1.54) is 6.07 Å². The minimum Gasteiger partial charge on any atom is -0.322 e. The predicted molar refractivity (Wildman–Crippen MR) is 59.5 cm³/mol. The molecule has 84 valence electrons. The van der Waals surface area contributed by atoms with E-state index in [0.29, 0.717) is 15.9 Å². The van der Waals surface area contributed by atoms with E-state index < -0.39 is 6.43 Å². The lowest BCUT2D eigenvalue weighted by molar-refractivity contribution is 0.147. The molecule has 0 atom stereocenters. The molecule has 16 heavy (non-hydrogen) atoms. The van der Waals surface area contributed by atoms with Crippen molar-refractivity contribution in [2.75, 3.05) is 5.43 Å². The summed E-state index contributed by atoms with van der Waals surface area (Å²) in [5.41, 5.74) is 2.32. The van der Waals surface area contributed by atoms with Gasteiger partial charge in [-0.1, -0.05) is 17.7 Å². The smallest absolute Gasteiger partial charge is 0.282 e. The van der Waals surface area contributed by atoms with Gasteiger partial charge in [0.1, 0.15) is 5.69 Å². The molecule has 1 aromatic heterocycles. The number of rotatable bonds is 2. The minimum atomic E-state index is -2.69. The summed E-state index contributed by atoms with van der Waals surface area (Å²) in [6, 6.07) is 6.40. The number of nitrogens with one attached hydrogen (secondary N) is 1. The van der Waals surface area contributed by atoms with Crippen molar-refractivity contribution in [2.24, 2.45) is 5.84 Å². The third-order valence-electron chi connectivity index (χ3n) is 2.20. The summed E-state index contributed by atoms with van der Waals surface area (Å²) in [5.74, 6) is 5.16. The number of hydrogen-bond acceptors (Lipinski definition) is 3. The molecule has 0 amide bonds. The Kier molecular flexibility index (Phi) is 2.89. The molecule has 0 unspecified atom stereocenters. The number of hydrogen-bond donors (Lipinski definition) is 2. The van der Waals surface area contributed by atoms with Crippen LogP contribution in [0.3, 0.4) is 0 Å². The zero-order valence-electron chi connectivity index (χ0n) is 8.05. The van der Waals surface area contributed by atoms with Gasteiger partial charge >= 0.3 is 0 Å². The summed E-state index contributed by atoms with van der Waals surface area (Å²) in [5, 5.41) is 1.03. The fraction of sp³-hybridized carbons (Fsp3) is 0.100. The number of alkyl halides is 2. The molecular formula is C10H8ClF2N3. The lowest BCUT2D eigenvalue weighted by atomic mass is 10.2. The molecule has 3 N–H and O–H groups in total. The van der Waals surface area contributed by atoms with Crippen molar-refractivity contribution in [1.29, 1.82) is 0 Å². The molecule has 0 radical (unpaired) electrons. The number of fused-ring (bicyclic) bond motifs is 1. The van der Waals surface area contributed by atoms with Gasteiger partial charge in [-0.2, -0.15) is 0 Å². The summed E-state index contributed by atoms with van der Waals surface area (Å²) >= 11 is 5.92. The average Bonchev–Trinajstić information content (AvgIpc) is 2.28. The Hall–Kier alpha value is -1.46. The van der Waals surface area contributed by atoms with Gasteiger partial charge in [0.2, 0.25) is 0 Å². The van der Waals surface area contributed by atoms with Crippen LogP contribution in [0.1, 0.15) is 12.1 Å². The SMILES string of the molecule is NNc1cc2c(Cl)cccc2nc1C(F)F. The van der Waals surface area contributed by atoms with E-state index >= 15 is 0 Å². The van der Waals surface area contributed by atoms with Gasteiger partial charge in [-0.05, 0) is 18.2 Å². The molecule has 3 nitrogen and oxygen atoms in total. The highest BCUT2D eigenvalue weighted by Crippen LogP contribution is 2.31. The van der Waals surface area contributed by atoms with Crippen molar-refractivity contribution >= 4 is 28.2 Å². The maximum Gasteiger partial charge on any atom is 0.282 e. The van der Waals surface area contributed by atoms with Gasteiger partial charge in [-0.3, -0.25) is 5.84 Å². The summed E-state index contributed by atoms with van der Waals surface area (Å²) in [6.45, 7) is 0. The molecule has 0 aliphatic heterocycles. The molecular weight excluding hydrogens is 236 g/mol. The van der Waals surface area contributed by atoms with Gasteiger partial charge in [0.05, 0.1) is 16.2 Å². The monoisotopic (exact) mass is 243 g/mol. The minimum absolute atomic E-state index is 0.0793. The number of pyridine rings is 1. The maximum atomic E-state index is 12.7. The van der Waals surface area contributed by atoms with E-state index in [1.54, 1.807) is 18.2 Å². The van der Waals surface area contributed by atoms with Crippen LogP contribution >= 0.6 is 11.6 Å². The van der Waals surface area contributed by atoms with Crippen LogP contribution in [0.4, 0.5) is 14.5 Å². The Bertz CT molecular complexity index is 531. The Balaban J connectivity index is 2.75. The van der Waals surface area contributed by atoms with E-state index in [2.05, 4.69) is 10.4 Å². The van der Waals surface area contributed by atoms with Crippen molar-refractivity contribution in [3.8, 4) is 0 Å². The van der Waals surface area contributed by atoms with Crippen LogP contribution in [0.5, 0.6) is 0 Å². The quantitative estimate of drug-likeness (QED) is 0.629. The van der Waals surface area contributed by atoms with E-state index in [-0.39, 0.29) is 11.4 Å². The molecule has 0 aliphatic carbocycles. The molecule has 0 spiro atoms. The van der Waals surface area contributed by atoms with Gasteiger partial charge in [-0.15, -0.1) is 0 Å². The first-order chi connectivity index (χ1) is 7.63. The third kappa shape index (κ3) is 1.79. The number of nitrogens with zero attached hydrogens (tertiary/aromatic N) is 1. The molecule has 0 saturated carbocycles. The Morgan fingerprint density at radius 1 is 1.38 bits per heavy atom. The van der Waals surface area contributed by atoms with Crippen LogP contribution in [-0.4, -0.2) is 4.98 Å². The first-order valence-electron chi connectivity index (χ1n) is 4.47. The van der Waals surface area contributed by atoms with E-state index in [1.807, 2.05) is 0 Å². The van der Waals surface area contributed by atoms with Gasteiger partial charge in [-0.25, -0.2) is 13.8 Å². The van der Waals surface area contributed by atoms with Gasteiger partial charge in [0.15, 0.2) is 0 Å². The van der Waals surface area contributed by atoms with Crippen molar-refractivity contribution in [3.05, 3.63) is 35.0 Å². The number of nitrogen functional groups attached to an aromatic ring is 1. The number of anilines is 1. The topological polar surface area (TPSA) is 50.9 Å². The van der Waals surface area contributed by atoms with E-state index in [9.17, 15) is 8.78 Å². The second-order valence-electron chi connectivity index (χ2n) is 3.17. The second kappa shape index (κ2) is 4.19. The third-order valence-corrected chi connectivity index (χ3v) is 2.53. The van der Waals surface area contributed by atoms with E-state index in [4.69, 9.17) is 17.4 Å². The Labute approximate surface area is 95.2 Å². The molecule has 1 heterocycles. The lowest BCUT2D eigenvalue weighted by Crippen LogP contribution is -2.10. The summed E-state index contributed by atoms with van der Waals surface area (Å²) in [4.78, 5) is 3.83. The molecule has 2 rings (SSSR count). The zero-order chi connectivity index (χ0) is 11.7. The van der Waals surface area contributed by atoms with Crippen LogP contribution in [0.2, 0.25) is 5.02 Å².